The maximum atomic E-state index is 11.6. The summed E-state index contributed by atoms with van der Waals surface area (Å²) >= 11 is 0. The molecule has 0 aromatic rings. The van der Waals surface area contributed by atoms with E-state index in [1.807, 2.05) is 4.90 Å². The second-order valence-corrected chi connectivity index (χ2v) is 3.75. The topological polar surface area (TPSA) is 61.4 Å². The third-order valence-corrected chi connectivity index (χ3v) is 2.48. The van der Waals surface area contributed by atoms with Crippen LogP contribution in [0.5, 0.6) is 0 Å². The first-order valence-electron chi connectivity index (χ1n) is 5.43. The van der Waals surface area contributed by atoms with E-state index < -0.39 is 0 Å². The number of nitrogens with zero attached hydrogens (tertiary/aromatic N) is 1. The molecule has 1 fully saturated rings. The van der Waals surface area contributed by atoms with Crippen molar-refractivity contribution in [2.24, 2.45) is 0 Å². The van der Waals surface area contributed by atoms with Crippen LogP contribution in [-0.2, 0) is 9.59 Å². The fourth-order valence-electron chi connectivity index (χ4n) is 1.65. The van der Waals surface area contributed by atoms with Crippen molar-refractivity contribution < 1.29 is 9.59 Å². The summed E-state index contributed by atoms with van der Waals surface area (Å²) in [6.45, 7) is 2.05. The molecule has 0 unspecified atom stereocenters. The van der Waals surface area contributed by atoms with Crippen molar-refractivity contribution in [1.82, 2.24) is 15.5 Å². The number of carbonyl (C=O) groups is 2. The Kier molecular flexibility index (Phi) is 5.10. The van der Waals surface area contributed by atoms with E-state index in [9.17, 15) is 9.59 Å². The number of hydrogen-bond acceptors (Lipinski definition) is 3. The van der Waals surface area contributed by atoms with Gasteiger partial charge in [-0.25, -0.2) is 0 Å². The van der Waals surface area contributed by atoms with Gasteiger partial charge in [0.1, 0.15) is 0 Å². The van der Waals surface area contributed by atoms with Gasteiger partial charge in [0, 0.05) is 13.1 Å². The molecule has 5 nitrogen and oxygen atoms in total. The number of amides is 2. The summed E-state index contributed by atoms with van der Waals surface area (Å²) in [5.74, 6) is -0.109. The molecule has 0 aromatic carbocycles. The average molecular weight is 213 g/mol. The third kappa shape index (κ3) is 4.29. The van der Waals surface area contributed by atoms with Crippen molar-refractivity contribution in [1.29, 1.82) is 0 Å². The van der Waals surface area contributed by atoms with Crippen LogP contribution in [0.2, 0.25) is 0 Å². The quantitative estimate of drug-likeness (QED) is 0.651. The molecule has 0 aliphatic carbocycles. The number of rotatable bonds is 4. The molecular formula is C10H19N3O2. The Morgan fingerprint density at radius 2 is 1.80 bits per heavy atom. The first-order chi connectivity index (χ1) is 7.24. The van der Waals surface area contributed by atoms with E-state index in [2.05, 4.69) is 10.6 Å². The molecule has 0 bridgehead atoms. The van der Waals surface area contributed by atoms with Crippen LogP contribution < -0.4 is 10.6 Å². The van der Waals surface area contributed by atoms with E-state index >= 15 is 0 Å². The number of nitrogens with one attached hydrogen (secondary N) is 2. The van der Waals surface area contributed by atoms with Gasteiger partial charge in [-0.05, 0) is 26.3 Å². The lowest BCUT2D eigenvalue weighted by Gasteiger charge is -2.26. The third-order valence-electron chi connectivity index (χ3n) is 2.48. The van der Waals surface area contributed by atoms with Crippen LogP contribution in [0, 0.1) is 0 Å². The minimum Gasteiger partial charge on any atom is -0.346 e. The maximum Gasteiger partial charge on any atom is 0.241 e. The Bertz CT molecular complexity index is 225. The summed E-state index contributed by atoms with van der Waals surface area (Å²) in [4.78, 5) is 24.5. The highest BCUT2D eigenvalue weighted by atomic mass is 16.2. The molecule has 1 aliphatic rings. The number of piperidine rings is 1. The van der Waals surface area contributed by atoms with E-state index in [1.165, 1.54) is 6.42 Å². The molecule has 0 saturated carbocycles. The lowest BCUT2D eigenvalue weighted by Crippen LogP contribution is -2.44. The molecule has 1 heterocycles. The van der Waals surface area contributed by atoms with E-state index in [4.69, 9.17) is 0 Å². The van der Waals surface area contributed by atoms with Gasteiger partial charge in [-0.15, -0.1) is 0 Å². The Labute approximate surface area is 90.2 Å². The summed E-state index contributed by atoms with van der Waals surface area (Å²) in [6.07, 6.45) is 3.36. The Morgan fingerprint density at radius 1 is 1.13 bits per heavy atom. The van der Waals surface area contributed by atoms with Gasteiger partial charge in [0.15, 0.2) is 0 Å². The van der Waals surface area contributed by atoms with E-state index in [0.717, 1.165) is 25.9 Å². The van der Waals surface area contributed by atoms with Crippen LogP contribution in [0.15, 0.2) is 0 Å². The van der Waals surface area contributed by atoms with E-state index in [-0.39, 0.29) is 24.9 Å². The van der Waals surface area contributed by atoms with Crippen molar-refractivity contribution in [3.8, 4) is 0 Å². The fraction of sp³-hybridized carbons (Fsp3) is 0.800. The SMILES string of the molecule is CNCC(=O)NCC(=O)N1CCCCC1. The van der Waals surface area contributed by atoms with Crippen LogP contribution in [-0.4, -0.2) is 49.9 Å². The van der Waals surface area contributed by atoms with Gasteiger partial charge < -0.3 is 15.5 Å². The zero-order chi connectivity index (χ0) is 11.1. The predicted octanol–water partition coefficient (Wildman–Crippen LogP) is -0.665. The van der Waals surface area contributed by atoms with Crippen molar-refractivity contribution in [3.63, 3.8) is 0 Å². The number of carbonyl (C=O) groups excluding carboxylic acids is 2. The maximum absolute atomic E-state index is 11.6. The smallest absolute Gasteiger partial charge is 0.241 e. The minimum atomic E-state index is -0.136. The summed E-state index contributed by atoms with van der Waals surface area (Å²) in [7, 11) is 1.70. The lowest BCUT2D eigenvalue weighted by molar-refractivity contribution is -0.133. The molecular weight excluding hydrogens is 194 g/mol. The first kappa shape index (κ1) is 12.0. The zero-order valence-corrected chi connectivity index (χ0v) is 9.21. The molecule has 0 radical (unpaired) electrons. The number of likely N-dealkylation sites (N-methyl/N-ethyl adjacent to an activating group) is 1. The standard InChI is InChI=1S/C10H19N3O2/c1-11-7-9(14)12-8-10(15)13-5-3-2-4-6-13/h11H,2-8H2,1H3,(H,12,14). The van der Waals surface area contributed by atoms with Gasteiger partial charge in [0.25, 0.3) is 0 Å². The molecule has 86 valence electrons. The van der Waals surface area contributed by atoms with Crippen molar-refractivity contribution >= 4 is 11.8 Å². The summed E-state index contributed by atoms with van der Waals surface area (Å²) in [5.41, 5.74) is 0. The summed E-state index contributed by atoms with van der Waals surface area (Å²) < 4.78 is 0. The van der Waals surface area contributed by atoms with Crippen LogP contribution in [0.25, 0.3) is 0 Å². The molecule has 1 saturated heterocycles. The van der Waals surface area contributed by atoms with Crippen LogP contribution >= 0.6 is 0 Å². The molecule has 5 heteroatoms. The minimum absolute atomic E-state index is 0.0270. The monoisotopic (exact) mass is 213 g/mol. The highest BCUT2D eigenvalue weighted by molar-refractivity contribution is 5.85. The van der Waals surface area contributed by atoms with Gasteiger partial charge >= 0.3 is 0 Å². The molecule has 1 aliphatic heterocycles. The Morgan fingerprint density at radius 3 is 2.40 bits per heavy atom. The first-order valence-corrected chi connectivity index (χ1v) is 5.43. The highest BCUT2D eigenvalue weighted by Gasteiger charge is 2.16. The molecule has 2 N–H and O–H groups in total. The van der Waals surface area contributed by atoms with Crippen LogP contribution in [0.3, 0.4) is 0 Å². The van der Waals surface area contributed by atoms with Crippen molar-refractivity contribution in [3.05, 3.63) is 0 Å². The summed E-state index contributed by atoms with van der Waals surface area (Å²) in [5, 5.41) is 5.32. The molecule has 2 amide bonds. The normalized spacial score (nSPS) is 16.2. The van der Waals surface area contributed by atoms with Crippen LogP contribution in [0.4, 0.5) is 0 Å². The van der Waals surface area contributed by atoms with Gasteiger partial charge in [-0.2, -0.15) is 0 Å². The predicted molar refractivity (Wildman–Crippen MR) is 57.4 cm³/mol. The lowest BCUT2D eigenvalue weighted by atomic mass is 10.1. The summed E-state index contributed by atoms with van der Waals surface area (Å²) in [6, 6.07) is 0. The average Bonchev–Trinajstić information content (AvgIpc) is 2.27. The largest absolute Gasteiger partial charge is 0.346 e. The molecule has 0 aromatic heterocycles. The van der Waals surface area contributed by atoms with Crippen LogP contribution in [0.1, 0.15) is 19.3 Å². The van der Waals surface area contributed by atoms with E-state index in [1.54, 1.807) is 7.05 Å². The second-order valence-electron chi connectivity index (χ2n) is 3.75. The van der Waals surface area contributed by atoms with Gasteiger partial charge in [-0.1, -0.05) is 0 Å². The van der Waals surface area contributed by atoms with E-state index in [0.29, 0.717) is 0 Å². The molecule has 15 heavy (non-hydrogen) atoms. The molecule has 0 atom stereocenters. The van der Waals surface area contributed by atoms with Crippen molar-refractivity contribution in [2.45, 2.75) is 19.3 Å². The molecule has 1 rings (SSSR count). The van der Waals surface area contributed by atoms with Gasteiger partial charge in [0.05, 0.1) is 13.1 Å². The Hall–Kier alpha value is -1.10. The fourth-order valence-corrected chi connectivity index (χ4v) is 1.65. The number of likely N-dealkylation sites (tertiary alicyclic amines) is 1. The van der Waals surface area contributed by atoms with Gasteiger partial charge in [0.2, 0.25) is 11.8 Å². The Balaban J connectivity index is 2.19. The molecule has 0 spiro atoms. The van der Waals surface area contributed by atoms with Crippen molar-refractivity contribution in [2.75, 3.05) is 33.2 Å². The zero-order valence-electron chi connectivity index (χ0n) is 9.21. The number of hydrogen-bond donors (Lipinski definition) is 2. The highest BCUT2D eigenvalue weighted by Crippen LogP contribution is 2.07. The second kappa shape index (κ2) is 6.40. The van der Waals surface area contributed by atoms with Gasteiger partial charge in [-0.3, -0.25) is 9.59 Å².